The molecule has 2 aromatic rings. The Kier molecular flexibility index (Phi) is 4.51. The highest BCUT2D eigenvalue weighted by Crippen LogP contribution is 2.25. The van der Waals surface area contributed by atoms with Crippen LogP contribution in [0.15, 0.2) is 36.7 Å². The number of aromatic nitrogens is 1. The zero-order chi connectivity index (χ0) is 13.8. The molecule has 0 bridgehead atoms. The summed E-state index contributed by atoms with van der Waals surface area (Å²) in [7, 11) is 0. The third kappa shape index (κ3) is 3.75. The van der Waals surface area contributed by atoms with E-state index in [9.17, 15) is 4.39 Å². The van der Waals surface area contributed by atoms with Crippen molar-refractivity contribution in [3.8, 4) is 11.1 Å². The van der Waals surface area contributed by atoms with Crippen molar-refractivity contribution in [1.82, 2.24) is 10.3 Å². The maximum absolute atomic E-state index is 13.1. The SMILES string of the molecule is CC(C)NCc1ccc(-c2cncc(F)c2)cc1Cl. The Morgan fingerprint density at radius 2 is 2.00 bits per heavy atom. The average Bonchev–Trinajstić information content (AvgIpc) is 2.37. The molecule has 2 rings (SSSR count). The normalized spacial score (nSPS) is 11.0. The fourth-order valence-electron chi connectivity index (χ4n) is 1.75. The van der Waals surface area contributed by atoms with E-state index in [4.69, 9.17) is 11.6 Å². The van der Waals surface area contributed by atoms with Gasteiger partial charge in [-0.1, -0.05) is 37.6 Å². The molecule has 0 aliphatic heterocycles. The fourth-order valence-corrected chi connectivity index (χ4v) is 2.00. The first-order chi connectivity index (χ1) is 9.06. The van der Waals surface area contributed by atoms with Gasteiger partial charge < -0.3 is 5.32 Å². The zero-order valence-corrected chi connectivity index (χ0v) is 11.7. The zero-order valence-electron chi connectivity index (χ0n) is 11.0. The van der Waals surface area contributed by atoms with Gasteiger partial charge in [-0.25, -0.2) is 4.39 Å². The largest absolute Gasteiger partial charge is 0.310 e. The number of pyridine rings is 1. The Morgan fingerprint density at radius 3 is 2.63 bits per heavy atom. The van der Waals surface area contributed by atoms with E-state index >= 15 is 0 Å². The number of hydrogen-bond donors (Lipinski definition) is 1. The second-order valence-corrected chi connectivity index (χ2v) is 5.14. The minimum Gasteiger partial charge on any atom is -0.310 e. The molecule has 1 N–H and O–H groups in total. The Morgan fingerprint density at radius 1 is 1.21 bits per heavy atom. The maximum Gasteiger partial charge on any atom is 0.142 e. The van der Waals surface area contributed by atoms with Crippen LogP contribution in [0.5, 0.6) is 0 Å². The van der Waals surface area contributed by atoms with Gasteiger partial charge in [0, 0.05) is 29.4 Å². The summed E-state index contributed by atoms with van der Waals surface area (Å²) in [5.74, 6) is -0.348. The first kappa shape index (κ1) is 14.0. The van der Waals surface area contributed by atoms with E-state index in [1.165, 1.54) is 12.3 Å². The van der Waals surface area contributed by atoms with E-state index in [2.05, 4.69) is 24.1 Å². The van der Waals surface area contributed by atoms with Gasteiger partial charge in [0.2, 0.25) is 0 Å². The van der Waals surface area contributed by atoms with Crippen LogP contribution in [0.1, 0.15) is 19.4 Å². The van der Waals surface area contributed by atoms with Gasteiger partial charge in [-0.2, -0.15) is 0 Å². The maximum atomic E-state index is 13.1. The summed E-state index contributed by atoms with van der Waals surface area (Å²) in [6.07, 6.45) is 2.81. The molecule has 0 radical (unpaired) electrons. The summed E-state index contributed by atoms with van der Waals surface area (Å²) in [6.45, 7) is 4.89. The van der Waals surface area contributed by atoms with Gasteiger partial charge >= 0.3 is 0 Å². The summed E-state index contributed by atoms with van der Waals surface area (Å²) >= 11 is 6.25. The quantitative estimate of drug-likeness (QED) is 0.913. The minimum absolute atomic E-state index is 0.348. The summed E-state index contributed by atoms with van der Waals surface area (Å²) in [5.41, 5.74) is 2.62. The van der Waals surface area contributed by atoms with Gasteiger partial charge in [0.25, 0.3) is 0 Å². The highest BCUT2D eigenvalue weighted by atomic mass is 35.5. The first-order valence-corrected chi connectivity index (χ1v) is 6.57. The monoisotopic (exact) mass is 278 g/mol. The number of benzene rings is 1. The average molecular weight is 279 g/mol. The molecule has 1 heterocycles. The lowest BCUT2D eigenvalue weighted by Gasteiger charge is -2.11. The molecule has 0 unspecified atom stereocenters. The molecule has 1 aromatic carbocycles. The smallest absolute Gasteiger partial charge is 0.142 e. The highest BCUT2D eigenvalue weighted by molar-refractivity contribution is 6.31. The van der Waals surface area contributed by atoms with E-state index < -0.39 is 0 Å². The minimum atomic E-state index is -0.348. The molecular formula is C15H16ClFN2. The van der Waals surface area contributed by atoms with Crippen LogP contribution in [0.25, 0.3) is 11.1 Å². The molecule has 1 aromatic heterocycles. The van der Waals surface area contributed by atoms with Crippen LogP contribution >= 0.6 is 11.6 Å². The van der Waals surface area contributed by atoms with Crippen molar-refractivity contribution in [3.05, 3.63) is 53.1 Å². The number of halogens is 2. The summed E-state index contributed by atoms with van der Waals surface area (Å²) in [5, 5.41) is 3.99. The molecule has 0 aliphatic carbocycles. The number of rotatable bonds is 4. The number of nitrogens with zero attached hydrogens (tertiary/aromatic N) is 1. The van der Waals surface area contributed by atoms with Crippen molar-refractivity contribution in [2.24, 2.45) is 0 Å². The summed E-state index contributed by atoms with van der Waals surface area (Å²) in [4.78, 5) is 3.84. The van der Waals surface area contributed by atoms with Crippen molar-refractivity contribution in [2.75, 3.05) is 0 Å². The molecule has 0 saturated heterocycles. The lowest BCUT2D eigenvalue weighted by molar-refractivity contribution is 0.589. The molecule has 2 nitrogen and oxygen atoms in total. The number of nitrogens with one attached hydrogen (secondary N) is 1. The van der Waals surface area contributed by atoms with E-state index in [0.717, 1.165) is 23.2 Å². The summed E-state index contributed by atoms with van der Waals surface area (Å²) in [6, 6.07) is 7.58. The lowest BCUT2D eigenvalue weighted by atomic mass is 10.1. The van der Waals surface area contributed by atoms with Crippen molar-refractivity contribution in [2.45, 2.75) is 26.4 Å². The van der Waals surface area contributed by atoms with E-state index in [0.29, 0.717) is 11.1 Å². The lowest BCUT2D eigenvalue weighted by Crippen LogP contribution is -2.21. The van der Waals surface area contributed by atoms with Crippen molar-refractivity contribution in [3.63, 3.8) is 0 Å². The molecule has 0 amide bonds. The third-order valence-corrected chi connectivity index (χ3v) is 3.14. The highest BCUT2D eigenvalue weighted by Gasteiger charge is 2.05. The van der Waals surface area contributed by atoms with E-state index in [1.54, 1.807) is 6.20 Å². The second kappa shape index (κ2) is 6.13. The molecule has 0 fully saturated rings. The molecule has 0 spiro atoms. The van der Waals surface area contributed by atoms with Crippen LogP contribution in [0.3, 0.4) is 0 Å². The third-order valence-electron chi connectivity index (χ3n) is 2.79. The van der Waals surface area contributed by atoms with Crippen LogP contribution in [0.4, 0.5) is 4.39 Å². The standard InChI is InChI=1S/C15H16ClFN2/c1-10(2)19-8-12-4-3-11(6-15(12)16)13-5-14(17)9-18-7-13/h3-7,9-10,19H,8H2,1-2H3. The Hall–Kier alpha value is -1.45. The van der Waals surface area contributed by atoms with Crippen LogP contribution < -0.4 is 5.32 Å². The number of hydrogen-bond acceptors (Lipinski definition) is 2. The second-order valence-electron chi connectivity index (χ2n) is 4.73. The van der Waals surface area contributed by atoms with Gasteiger partial charge in [0.1, 0.15) is 5.82 Å². The van der Waals surface area contributed by atoms with Crippen LogP contribution in [0, 0.1) is 5.82 Å². The van der Waals surface area contributed by atoms with E-state index in [-0.39, 0.29) is 5.82 Å². The molecule has 4 heteroatoms. The van der Waals surface area contributed by atoms with E-state index in [1.807, 2.05) is 18.2 Å². The predicted molar refractivity (Wildman–Crippen MR) is 76.6 cm³/mol. The fraction of sp³-hybridized carbons (Fsp3) is 0.267. The van der Waals surface area contributed by atoms with Gasteiger partial charge in [0.15, 0.2) is 0 Å². The van der Waals surface area contributed by atoms with Crippen LogP contribution in [-0.4, -0.2) is 11.0 Å². The Balaban J connectivity index is 2.23. The van der Waals surface area contributed by atoms with Crippen molar-refractivity contribution >= 4 is 11.6 Å². The van der Waals surface area contributed by atoms with Crippen molar-refractivity contribution < 1.29 is 4.39 Å². The molecule has 19 heavy (non-hydrogen) atoms. The Labute approximate surface area is 117 Å². The van der Waals surface area contributed by atoms with Gasteiger partial charge in [0.05, 0.1) is 6.20 Å². The van der Waals surface area contributed by atoms with Gasteiger partial charge in [-0.05, 0) is 23.3 Å². The molecule has 0 aliphatic rings. The Bertz CT molecular complexity index is 570. The molecular weight excluding hydrogens is 263 g/mol. The van der Waals surface area contributed by atoms with Crippen LogP contribution in [-0.2, 0) is 6.54 Å². The summed E-state index contributed by atoms with van der Waals surface area (Å²) < 4.78 is 13.1. The van der Waals surface area contributed by atoms with Gasteiger partial charge in [-0.3, -0.25) is 4.98 Å². The van der Waals surface area contributed by atoms with Crippen molar-refractivity contribution in [1.29, 1.82) is 0 Å². The first-order valence-electron chi connectivity index (χ1n) is 6.19. The van der Waals surface area contributed by atoms with Crippen LogP contribution in [0.2, 0.25) is 5.02 Å². The topological polar surface area (TPSA) is 24.9 Å². The molecule has 0 saturated carbocycles. The van der Waals surface area contributed by atoms with Gasteiger partial charge in [-0.15, -0.1) is 0 Å². The predicted octanol–water partition coefficient (Wildman–Crippen LogP) is 4.04. The molecule has 100 valence electrons. The molecule has 0 atom stereocenters.